The van der Waals surface area contributed by atoms with Crippen molar-refractivity contribution in [3.63, 3.8) is 0 Å². The Bertz CT molecular complexity index is 1260. The molecule has 2 heterocycles. The van der Waals surface area contributed by atoms with Crippen LogP contribution in [0, 0.1) is 6.92 Å². The minimum atomic E-state index is -1.76. The van der Waals surface area contributed by atoms with Gasteiger partial charge in [-0.2, -0.15) is 0 Å². The quantitative estimate of drug-likeness (QED) is 0.272. The number of benzene rings is 2. The zero-order valence-corrected chi connectivity index (χ0v) is 17.5. The van der Waals surface area contributed by atoms with Crippen molar-refractivity contribution in [3.05, 3.63) is 40.1 Å². The molecule has 1 aliphatic rings. The predicted octanol–water partition coefficient (Wildman–Crippen LogP) is 0.797. The lowest BCUT2D eigenvalue weighted by Crippen LogP contribution is -2.58. The standard InChI is InChI=1S/C22H22O11/c1-7-3-10(23)14-13(4-7)32-20(9-5-11(24)16(27)12(25)6-9)21(17(14)28)33-22-19(30)18(29)15(26)8(2)31-22/h3-6,8,15,18-19,22-27,29-30H,1-2H3/t8-,15-,18+,19+,22-/m0/s1. The molecule has 4 rings (SSSR count). The van der Waals surface area contributed by atoms with Gasteiger partial charge in [0.1, 0.15) is 35.0 Å². The highest BCUT2D eigenvalue weighted by Crippen LogP contribution is 2.42. The van der Waals surface area contributed by atoms with E-state index in [0.717, 1.165) is 12.1 Å². The Labute approximate surface area is 185 Å². The first-order chi connectivity index (χ1) is 15.5. The third kappa shape index (κ3) is 3.80. The normalized spacial score (nSPS) is 25.3. The van der Waals surface area contributed by atoms with Crippen molar-refractivity contribution in [1.82, 2.24) is 0 Å². The molecule has 7 N–H and O–H groups in total. The van der Waals surface area contributed by atoms with E-state index in [1.54, 1.807) is 6.92 Å². The molecule has 5 atom stereocenters. The first kappa shape index (κ1) is 22.7. The average molecular weight is 462 g/mol. The maximum atomic E-state index is 13.3. The number of ether oxygens (including phenoxy) is 2. The zero-order chi connectivity index (χ0) is 24.2. The van der Waals surface area contributed by atoms with E-state index in [1.165, 1.54) is 19.1 Å². The number of aliphatic hydroxyl groups is 3. The Morgan fingerprint density at radius 1 is 0.879 bits per heavy atom. The minimum absolute atomic E-state index is 0.0409. The van der Waals surface area contributed by atoms with Crippen molar-refractivity contribution < 1.29 is 49.6 Å². The van der Waals surface area contributed by atoms with Crippen LogP contribution in [0.5, 0.6) is 28.7 Å². The lowest BCUT2D eigenvalue weighted by Gasteiger charge is -2.38. The number of fused-ring (bicyclic) bond motifs is 1. The van der Waals surface area contributed by atoms with E-state index in [0.29, 0.717) is 5.56 Å². The van der Waals surface area contributed by atoms with E-state index in [4.69, 9.17) is 13.9 Å². The van der Waals surface area contributed by atoms with Crippen LogP contribution in [0.4, 0.5) is 0 Å². The highest BCUT2D eigenvalue weighted by Gasteiger charge is 2.44. The number of aromatic hydroxyl groups is 4. The number of hydrogen-bond acceptors (Lipinski definition) is 11. The van der Waals surface area contributed by atoms with Gasteiger partial charge in [0.05, 0.1) is 6.10 Å². The summed E-state index contributed by atoms with van der Waals surface area (Å²) in [4.78, 5) is 13.3. The van der Waals surface area contributed by atoms with E-state index >= 15 is 0 Å². The molecule has 11 heteroatoms. The monoisotopic (exact) mass is 462 g/mol. The summed E-state index contributed by atoms with van der Waals surface area (Å²) >= 11 is 0. The molecule has 0 saturated carbocycles. The summed E-state index contributed by atoms with van der Waals surface area (Å²) in [7, 11) is 0. The number of hydrogen-bond donors (Lipinski definition) is 7. The fourth-order valence-electron chi connectivity index (χ4n) is 3.68. The second-order valence-electron chi connectivity index (χ2n) is 7.91. The number of aryl methyl sites for hydroxylation is 1. The van der Waals surface area contributed by atoms with Crippen LogP contribution >= 0.6 is 0 Å². The number of phenols is 4. The van der Waals surface area contributed by atoms with Gasteiger partial charge in [-0.3, -0.25) is 4.79 Å². The molecule has 1 aromatic heterocycles. The maximum Gasteiger partial charge on any atom is 0.239 e. The van der Waals surface area contributed by atoms with Crippen LogP contribution in [0.1, 0.15) is 12.5 Å². The fraction of sp³-hybridized carbons (Fsp3) is 0.318. The van der Waals surface area contributed by atoms with Crippen LogP contribution in [-0.2, 0) is 4.74 Å². The molecule has 0 bridgehead atoms. The van der Waals surface area contributed by atoms with Gasteiger partial charge in [0.15, 0.2) is 23.0 Å². The van der Waals surface area contributed by atoms with Gasteiger partial charge in [0, 0.05) is 5.56 Å². The highest BCUT2D eigenvalue weighted by atomic mass is 16.7. The molecule has 2 aromatic carbocycles. The molecule has 0 spiro atoms. The second-order valence-corrected chi connectivity index (χ2v) is 7.91. The van der Waals surface area contributed by atoms with Gasteiger partial charge in [-0.05, 0) is 43.7 Å². The Morgan fingerprint density at radius 2 is 1.52 bits per heavy atom. The Kier molecular flexibility index (Phi) is 5.58. The molecule has 11 nitrogen and oxygen atoms in total. The Hall–Kier alpha value is -3.51. The lowest BCUT2D eigenvalue weighted by atomic mass is 10.00. The molecule has 1 aliphatic heterocycles. The first-order valence-corrected chi connectivity index (χ1v) is 9.91. The summed E-state index contributed by atoms with van der Waals surface area (Å²) in [5.74, 6) is -3.53. The van der Waals surface area contributed by atoms with Crippen LogP contribution in [0.3, 0.4) is 0 Å². The van der Waals surface area contributed by atoms with Crippen LogP contribution < -0.4 is 10.2 Å². The van der Waals surface area contributed by atoms with Crippen LogP contribution in [0.25, 0.3) is 22.3 Å². The van der Waals surface area contributed by atoms with Crippen LogP contribution in [0.2, 0.25) is 0 Å². The third-order valence-electron chi connectivity index (χ3n) is 5.45. The summed E-state index contributed by atoms with van der Waals surface area (Å²) in [5, 5.41) is 69.9. The van der Waals surface area contributed by atoms with Gasteiger partial charge in [-0.25, -0.2) is 0 Å². The molecular formula is C22H22O11. The molecule has 1 saturated heterocycles. The Balaban J connectivity index is 1.95. The second kappa shape index (κ2) is 8.12. The van der Waals surface area contributed by atoms with E-state index in [1.807, 2.05) is 0 Å². The van der Waals surface area contributed by atoms with Crippen LogP contribution in [0.15, 0.2) is 33.5 Å². The average Bonchev–Trinajstić information content (AvgIpc) is 2.74. The summed E-state index contributed by atoms with van der Waals surface area (Å²) in [6.45, 7) is 3.08. The van der Waals surface area contributed by atoms with E-state index < -0.39 is 64.9 Å². The van der Waals surface area contributed by atoms with Gasteiger partial charge in [-0.15, -0.1) is 0 Å². The molecule has 0 unspecified atom stereocenters. The topological polar surface area (TPSA) is 190 Å². The van der Waals surface area contributed by atoms with Crippen molar-refractivity contribution in [1.29, 1.82) is 0 Å². The van der Waals surface area contributed by atoms with Gasteiger partial charge in [-0.1, -0.05) is 0 Å². The molecule has 33 heavy (non-hydrogen) atoms. The van der Waals surface area contributed by atoms with Crippen molar-refractivity contribution in [3.8, 4) is 40.1 Å². The van der Waals surface area contributed by atoms with Crippen LogP contribution in [-0.4, -0.2) is 66.5 Å². The number of rotatable bonds is 3. The van der Waals surface area contributed by atoms with Gasteiger partial charge >= 0.3 is 0 Å². The minimum Gasteiger partial charge on any atom is -0.507 e. The highest BCUT2D eigenvalue weighted by molar-refractivity contribution is 5.88. The molecule has 176 valence electrons. The zero-order valence-electron chi connectivity index (χ0n) is 17.5. The summed E-state index contributed by atoms with van der Waals surface area (Å²) in [5.41, 5.74) is -0.437. The summed E-state index contributed by atoms with van der Waals surface area (Å²) in [6.07, 6.45) is -7.41. The van der Waals surface area contributed by atoms with Gasteiger partial charge in [0.2, 0.25) is 17.5 Å². The molecular weight excluding hydrogens is 440 g/mol. The fourth-order valence-corrected chi connectivity index (χ4v) is 3.68. The van der Waals surface area contributed by atoms with E-state index in [-0.39, 0.29) is 22.3 Å². The van der Waals surface area contributed by atoms with Crippen molar-refractivity contribution in [2.24, 2.45) is 0 Å². The molecule has 0 radical (unpaired) electrons. The van der Waals surface area contributed by atoms with Gasteiger partial charge < -0.3 is 49.6 Å². The van der Waals surface area contributed by atoms with Crippen molar-refractivity contribution in [2.45, 2.75) is 44.6 Å². The van der Waals surface area contributed by atoms with Crippen molar-refractivity contribution in [2.75, 3.05) is 0 Å². The third-order valence-corrected chi connectivity index (χ3v) is 5.45. The van der Waals surface area contributed by atoms with Crippen molar-refractivity contribution >= 4 is 11.0 Å². The first-order valence-electron chi connectivity index (χ1n) is 9.91. The SMILES string of the molecule is Cc1cc(O)c2c(=O)c(O[C@@H]3O[C@@H](C)[C@H](O)[C@@H](O)[C@H]3O)c(-c3cc(O)c(O)c(O)c3)oc2c1. The lowest BCUT2D eigenvalue weighted by molar-refractivity contribution is -0.268. The summed E-state index contributed by atoms with van der Waals surface area (Å²) in [6, 6.07) is 4.80. The molecule has 0 aliphatic carbocycles. The molecule has 0 amide bonds. The predicted molar refractivity (Wildman–Crippen MR) is 112 cm³/mol. The van der Waals surface area contributed by atoms with Gasteiger partial charge in [0.25, 0.3) is 0 Å². The number of aliphatic hydroxyl groups excluding tert-OH is 3. The largest absolute Gasteiger partial charge is 0.507 e. The van der Waals surface area contributed by atoms with E-state index in [2.05, 4.69) is 0 Å². The molecule has 1 fully saturated rings. The maximum absolute atomic E-state index is 13.3. The van der Waals surface area contributed by atoms with E-state index in [9.17, 15) is 40.5 Å². The number of phenolic OH excluding ortho intramolecular Hbond substituents is 4. The Morgan fingerprint density at radius 3 is 2.15 bits per heavy atom. The molecule has 3 aromatic rings. The smallest absolute Gasteiger partial charge is 0.239 e. The summed E-state index contributed by atoms with van der Waals surface area (Å²) < 4.78 is 16.8.